The van der Waals surface area contributed by atoms with E-state index in [1.807, 2.05) is 80.1 Å². The van der Waals surface area contributed by atoms with Crippen molar-refractivity contribution in [2.45, 2.75) is 33.7 Å². The summed E-state index contributed by atoms with van der Waals surface area (Å²) in [6, 6.07) is 17.7. The highest BCUT2D eigenvalue weighted by molar-refractivity contribution is 7.16. The lowest BCUT2D eigenvalue weighted by molar-refractivity contribution is 0.0954. The van der Waals surface area contributed by atoms with Crippen LogP contribution in [0.3, 0.4) is 0 Å². The summed E-state index contributed by atoms with van der Waals surface area (Å²) in [6.45, 7) is 6.38. The van der Waals surface area contributed by atoms with Gasteiger partial charge >= 0.3 is 0 Å². The third-order valence-corrected chi connectivity index (χ3v) is 6.59. The molecule has 0 aliphatic heterocycles. The van der Waals surface area contributed by atoms with E-state index in [0.717, 1.165) is 34.0 Å². The molecule has 4 aromatic rings. The molecular formula is C24H23ClN4OS. The number of carbonyl (C=O) groups excluding carboxylic acids is 1. The van der Waals surface area contributed by atoms with Crippen molar-refractivity contribution in [3.8, 4) is 5.13 Å². The Balaban J connectivity index is 1.55. The summed E-state index contributed by atoms with van der Waals surface area (Å²) >= 11 is 7.37. The summed E-state index contributed by atoms with van der Waals surface area (Å²) in [5, 5.41) is 9.11. The molecule has 0 aliphatic carbocycles. The van der Waals surface area contributed by atoms with Gasteiger partial charge < -0.3 is 5.32 Å². The number of carbonyl (C=O) groups is 1. The number of nitrogens with zero attached hydrogens (tertiary/aromatic N) is 3. The van der Waals surface area contributed by atoms with Crippen molar-refractivity contribution >= 4 is 28.8 Å². The average Bonchev–Trinajstić information content (AvgIpc) is 3.29. The first-order valence-electron chi connectivity index (χ1n) is 10.0. The van der Waals surface area contributed by atoms with E-state index < -0.39 is 0 Å². The van der Waals surface area contributed by atoms with Gasteiger partial charge in [0.15, 0.2) is 0 Å². The normalized spacial score (nSPS) is 11.0. The number of hydrogen-bond donors (Lipinski definition) is 1. The molecule has 0 atom stereocenters. The van der Waals surface area contributed by atoms with Crippen LogP contribution in [0.4, 0.5) is 0 Å². The van der Waals surface area contributed by atoms with E-state index in [0.29, 0.717) is 22.2 Å². The number of nitrogens with one attached hydrogen (secondary N) is 1. The van der Waals surface area contributed by atoms with Gasteiger partial charge in [-0.05, 0) is 44.0 Å². The monoisotopic (exact) mass is 450 g/mol. The third-order valence-electron chi connectivity index (χ3n) is 5.20. The highest BCUT2D eigenvalue weighted by atomic mass is 35.5. The lowest BCUT2D eigenvalue weighted by Gasteiger charge is -2.04. The number of amides is 1. The first kappa shape index (κ1) is 21.3. The molecule has 0 saturated carbocycles. The molecule has 0 unspecified atom stereocenters. The van der Waals surface area contributed by atoms with Gasteiger partial charge in [0.05, 0.1) is 11.4 Å². The van der Waals surface area contributed by atoms with Crippen molar-refractivity contribution in [1.29, 1.82) is 0 Å². The predicted molar refractivity (Wildman–Crippen MR) is 125 cm³/mol. The number of benzene rings is 2. The lowest BCUT2D eigenvalue weighted by atomic mass is 10.0. The van der Waals surface area contributed by atoms with Gasteiger partial charge in [0.2, 0.25) is 5.13 Å². The summed E-state index contributed by atoms with van der Waals surface area (Å²) < 4.78 is 1.84. The van der Waals surface area contributed by atoms with Gasteiger partial charge in [-0.3, -0.25) is 4.79 Å². The first-order valence-corrected chi connectivity index (χ1v) is 11.2. The first-order chi connectivity index (χ1) is 14.9. The molecule has 1 N–H and O–H groups in total. The zero-order valence-electron chi connectivity index (χ0n) is 17.6. The summed E-state index contributed by atoms with van der Waals surface area (Å²) in [5.41, 5.74) is 6.07. The lowest BCUT2D eigenvalue weighted by Crippen LogP contribution is -2.22. The summed E-state index contributed by atoms with van der Waals surface area (Å²) in [7, 11) is 0. The molecule has 0 aliphatic rings. The molecule has 2 heterocycles. The maximum absolute atomic E-state index is 12.7. The van der Waals surface area contributed by atoms with E-state index >= 15 is 0 Å². The molecule has 31 heavy (non-hydrogen) atoms. The second-order valence-electron chi connectivity index (χ2n) is 7.44. The van der Waals surface area contributed by atoms with Crippen LogP contribution in [0.2, 0.25) is 5.02 Å². The second kappa shape index (κ2) is 9.04. The van der Waals surface area contributed by atoms with Crippen LogP contribution < -0.4 is 5.32 Å². The zero-order valence-corrected chi connectivity index (χ0v) is 19.2. The largest absolute Gasteiger partial charge is 0.347 e. The number of rotatable bonds is 6. The van der Waals surface area contributed by atoms with Crippen molar-refractivity contribution in [3.05, 3.63) is 98.3 Å². The fourth-order valence-electron chi connectivity index (χ4n) is 3.47. The molecule has 5 nitrogen and oxygen atoms in total. The van der Waals surface area contributed by atoms with Gasteiger partial charge in [0.1, 0.15) is 4.88 Å². The fraction of sp³-hybridized carbons (Fsp3) is 0.208. The van der Waals surface area contributed by atoms with Gasteiger partial charge in [-0.2, -0.15) is 5.10 Å². The number of aromatic nitrogens is 3. The maximum atomic E-state index is 12.7. The van der Waals surface area contributed by atoms with Crippen LogP contribution in [-0.2, 0) is 13.0 Å². The Morgan fingerprint density at radius 1 is 1.00 bits per heavy atom. The Hall–Kier alpha value is -2.96. The topological polar surface area (TPSA) is 59.8 Å². The SMILES string of the molecule is Cc1nc(-n2nc(C)c(Cc3ccc(Cl)cc3)c2C)sc1C(=O)NCc1ccccc1. The molecule has 1 amide bonds. The fourth-order valence-corrected chi connectivity index (χ4v) is 4.58. The quantitative estimate of drug-likeness (QED) is 0.426. The molecule has 0 saturated heterocycles. The maximum Gasteiger partial charge on any atom is 0.263 e. The standard InChI is InChI=1S/C24H23ClN4OS/c1-15-21(13-18-9-11-20(25)12-10-18)17(3)29(28-15)24-27-16(2)22(31-24)23(30)26-14-19-7-5-4-6-8-19/h4-12H,13-14H2,1-3H3,(H,26,30). The molecule has 4 rings (SSSR count). The van der Waals surface area contributed by atoms with Crippen molar-refractivity contribution in [1.82, 2.24) is 20.1 Å². The van der Waals surface area contributed by atoms with Gasteiger partial charge in [-0.15, -0.1) is 0 Å². The summed E-state index contributed by atoms with van der Waals surface area (Å²) in [6.07, 6.45) is 0.767. The van der Waals surface area contributed by atoms with Crippen LogP contribution in [0.1, 0.15) is 43.4 Å². The Morgan fingerprint density at radius 2 is 1.71 bits per heavy atom. The third kappa shape index (κ3) is 4.70. The number of hydrogen-bond acceptors (Lipinski definition) is 4. The van der Waals surface area contributed by atoms with Crippen LogP contribution in [0, 0.1) is 20.8 Å². The summed E-state index contributed by atoms with van der Waals surface area (Å²) in [5.74, 6) is -0.118. The van der Waals surface area contributed by atoms with Gasteiger partial charge in [-0.25, -0.2) is 9.67 Å². The average molecular weight is 451 g/mol. The Bertz CT molecular complexity index is 1210. The molecule has 2 aromatic heterocycles. The van der Waals surface area contributed by atoms with E-state index in [9.17, 15) is 4.79 Å². The van der Waals surface area contributed by atoms with Crippen LogP contribution in [0.5, 0.6) is 0 Å². The van der Waals surface area contributed by atoms with E-state index in [1.54, 1.807) is 0 Å². The molecule has 7 heteroatoms. The highest BCUT2D eigenvalue weighted by Crippen LogP contribution is 2.26. The molecule has 2 aromatic carbocycles. The Labute approximate surface area is 190 Å². The molecule has 0 bridgehead atoms. The van der Waals surface area contributed by atoms with E-state index in [1.165, 1.54) is 16.9 Å². The number of thiazole rings is 1. The smallest absolute Gasteiger partial charge is 0.263 e. The van der Waals surface area contributed by atoms with E-state index in [4.69, 9.17) is 16.7 Å². The molecule has 0 spiro atoms. The minimum Gasteiger partial charge on any atom is -0.347 e. The summed E-state index contributed by atoms with van der Waals surface area (Å²) in [4.78, 5) is 18.0. The number of halogens is 1. The molecular weight excluding hydrogens is 428 g/mol. The highest BCUT2D eigenvalue weighted by Gasteiger charge is 2.20. The minimum atomic E-state index is -0.118. The Kier molecular flexibility index (Phi) is 6.20. The van der Waals surface area contributed by atoms with E-state index in [-0.39, 0.29) is 5.91 Å². The number of aryl methyl sites for hydroxylation is 2. The molecule has 0 fully saturated rings. The van der Waals surface area contributed by atoms with Crippen LogP contribution >= 0.6 is 22.9 Å². The molecule has 0 radical (unpaired) electrons. The van der Waals surface area contributed by atoms with Crippen molar-refractivity contribution < 1.29 is 4.79 Å². The predicted octanol–water partition coefficient (Wildman–Crippen LogP) is 5.43. The van der Waals surface area contributed by atoms with Gasteiger partial charge in [0.25, 0.3) is 5.91 Å². The van der Waals surface area contributed by atoms with Crippen molar-refractivity contribution in [2.75, 3.05) is 0 Å². The zero-order chi connectivity index (χ0) is 22.0. The van der Waals surface area contributed by atoms with Crippen LogP contribution in [0.25, 0.3) is 5.13 Å². The minimum absolute atomic E-state index is 0.118. The van der Waals surface area contributed by atoms with Gasteiger partial charge in [-0.1, -0.05) is 65.4 Å². The molecule has 158 valence electrons. The van der Waals surface area contributed by atoms with Crippen molar-refractivity contribution in [2.24, 2.45) is 0 Å². The van der Waals surface area contributed by atoms with Gasteiger partial charge in [0, 0.05) is 29.2 Å². The van der Waals surface area contributed by atoms with Crippen molar-refractivity contribution in [3.63, 3.8) is 0 Å². The van der Waals surface area contributed by atoms with Crippen LogP contribution in [0.15, 0.2) is 54.6 Å². The second-order valence-corrected chi connectivity index (χ2v) is 8.86. The van der Waals surface area contributed by atoms with E-state index in [2.05, 4.69) is 10.3 Å². The van der Waals surface area contributed by atoms with Crippen LogP contribution in [-0.4, -0.2) is 20.7 Å². The Morgan fingerprint density at radius 3 is 2.42 bits per heavy atom.